The van der Waals surface area contributed by atoms with Crippen LogP contribution in [0.15, 0.2) is 48.0 Å². The van der Waals surface area contributed by atoms with Gasteiger partial charge >= 0.3 is 6.09 Å². The van der Waals surface area contributed by atoms with Gasteiger partial charge in [0.05, 0.1) is 5.69 Å². The van der Waals surface area contributed by atoms with Crippen molar-refractivity contribution in [3.8, 4) is 11.5 Å². The predicted octanol–water partition coefficient (Wildman–Crippen LogP) is 3.25. The molecule has 132 valence electrons. The number of ether oxygens (including phenoxy) is 1. The first-order chi connectivity index (χ1) is 12.5. The van der Waals surface area contributed by atoms with Crippen molar-refractivity contribution in [1.82, 2.24) is 10.2 Å². The van der Waals surface area contributed by atoms with Crippen molar-refractivity contribution in [2.24, 2.45) is 0 Å². The highest BCUT2D eigenvalue weighted by Gasteiger charge is 2.11. The molecule has 0 aliphatic heterocycles. The molecule has 1 aromatic heterocycles. The molecule has 5 N–H and O–H groups in total. The Kier molecular flexibility index (Phi) is 4.94. The molecule has 0 unspecified atom stereocenters. The molecule has 0 aliphatic rings. The molecule has 0 saturated carbocycles. The molecule has 10 heteroatoms. The number of aromatic nitrogens is 2. The molecule has 0 saturated heterocycles. The molecule has 2 amide bonds. The molecule has 3 aromatic rings. The largest absolute Gasteiger partial charge is 0.465 e. The van der Waals surface area contributed by atoms with E-state index in [0.29, 0.717) is 27.9 Å². The molecular formula is C16H13N5O4S. The van der Waals surface area contributed by atoms with Crippen molar-refractivity contribution >= 4 is 39.8 Å². The summed E-state index contributed by atoms with van der Waals surface area (Å²) in [5, 5.41) is 21.3. The van der Waals surface area contributed by atoms with Gasteiger partial charge in [0.1, 0.15) is 17.0 Å². The Bertz CT molecular complexity index is 928. The molecule has 0 aliphatic carbocycles. The van der Waals surface area contributed by atoms with Crippen LogP contribution < -0.4 is 21.1 Å². The van der Waals surface area contributed by atoms with Gasteiger partial charge < -0.3 is 15.6 Å². The van der Waals surface area contributed by atoms with Gasteiger partial charge in [0, 0.05) is 11.3 Å². The normalized spacial score (nSPS) is 10.2. The summed E-state index contributed by atoms with van der Waals surface area (Å²) in [5.41, 5.74) is 8.52. The summed E-state index contributed by atoms with van der Waals surface area (Å²) in [5.74, 6) is 0.485. The lowest BCUT2D eigenvalue weighted by Gasteiger charge is -2.10. The fourth-order valence-electron chi connectivity index (χ4n) is 2.04. The first kappa shape index (κ1) is 17.2. The number of anilines is 3. The summed E-state index contributed by atoms with van der Waals surface area (Å²) in [6.07, 6.45) is -1.15. The topological polar surface area (TPSA) is 139 Å². The van der Waals surface area contributed by atoms with Crippen molar-refractivity contribution in [3.63, 3.8) is 0 Å². The summed E-state index contributed by atoms with van der Waals surface area (Å²) in [4.78, 5) is 22.7. The number of hydrogen-bond acceptors (Lipinski definition) is 7. The van der Waals surface area contributed by atoms with Crippen molar-refractivity contribution < 1.29 is 19.4 Å². The van der Waals surface area contributed by atoms with Crippen LogP contribution in [0.1, 0.15) is 10.4 Å². The van der Waals surface area contributed by atoms with E-state index in [1.165, 1.54) is 22.9 Å². The fraction of sp³-hybridized carbons (Fsp3) is 0. The average Bonchev–Trinajstić information content (AvgIpc) is 3.11. The first-order valence-corrected chi connectivity index (χ1v) is 8.14. The Labute approximate surface area is 151 Å². The van der Waals surface area contributed by atoms with E-state index in [1.807, 2.05) is 0 Å². The van der Waals surface area contributed by atoms with Gasteiger partial charge in [0.25, 0.3) is 5.91 Å². The summed E-state index contributed by atoms with van der Waals surface area (Å²) in [6.45, 7) is 0. The molecule has 9 nitrogen and oxygen atoms in total. The minimum atomic E-state index is -1.15. The zero-order valence-electron chi connectivity index (χ0n) is 13.2. The number of nitrogens with zero attached hydrogens (tertiary/aromatic N) is 2. The van der Waals surface area contributed by atoms with Crippen LogP contribution in [0.25, 0.3) is 0 Å². The van der Waals surface area contributed by atoms with E-state index < -0.39 is 6.09 Å². The van der Waals surface area contributed by atoms with Crippen molar-refractivity contribution in [2.75, 3.05) is 16.4 Å². The second kappa shape index (κ2) is 7.49. The highest BCUT2D eigenvalue weighted by molar-refractivity contribution is 7.13. The molecule has 0 fully saturated rings. The van der Waals surface area contributed by atoms with Crippen LogP contribution in [0.2, 0.25) is 0 Å². The molecule has 0 bridgehead atoms. The lowest BCUT2D eigenvalue weighted by molar-refractivity contribution is 0.102. The number of carbonyl (C=O) groups is 2. The fourth-order valence-corrected chi connectivity index (χ4v) is 2.48. The van der Waals surface area contributed by atoms with Crippen LogP contribution >= 0.6 is 11.3 Å². The van der Waals surface area contributed by atoms with Crippen LogP contribution in [0.4, 0.5) is 21.3 Å². The van der Waals surface area contributed by atoms with E-state index in [1.54, 1.807) is 36.4 Å². The second-order valence-corrected chi connectivity index (χ2v) is 5.84. The minimum Gasteiger partial charge on any atom is -0.465 e. The van der Waals surface area contributed by atoms with E-state index in [2.05, 4.69) is 20.8 Å². The first-order valence-electron chi connectivity index (χ1n) is 7.26. The third-order valence-electron chi connectivity index (χ3n) is 3.19. The lowest BCUT2D eigenvalue weighted by atomic mass is 10.1. The Morgan fingerprint density at radius 1 is 1.12 bits per heavy atom. The minimum absolute atomic E-state index is 0.280. The number of carbonyl (C=O) groups excluding carboxylic acids is 1. The van der Waals surface area contributed by atoms with Gasteiger partial charge in [-0.25, -0.2) is 4.79 Å². The maximum Gasteiger partial charge on any atom is 0.409 e. The Hall–Kier alpha value is -3.66. The van der Waals surface area contributed by atoms with Gasteiger partial charge in [0.2, 0.25) is 5.13 Å². The highest BCUT2D eigenvalue weighted by atomic mass is 32.1. The van der Waals surface area contributed by atoms with Crippen LogP contribution in [-0.2, 0) is 0 Å². The molecule has 0 radical (unpaired) electrons. The van der Waals surface area contributed by atoms with Gasteiger partial charge in [-0.1, -0.05) is 11.3 Å². The molecule has 3 rings (SSSR count). The Balaban J connectivity index is 1.69. The number of hydrogen-bond donors (Lipinski definition) is 4. The number of rotatable bonds is 5. The summed E-state index contributed by atoms with van der Waals surface area (Å²) >= 11 is 1.21. The monoisotopic (exact) mass is 371 g/mol. The number of amides is 2. The summed E-state index contributed by atoms with van der Waals surface area (Å²) in [6, 6.07) is 11.0. The molecule has 2 aromatic carbocycles. The lowest BCUT2D eigenvalue weighted by Crippen LogP contribution is -2.12. The van der Waals surface area contributed by atoms with Crippen LogP contribution in [0, 0.1) is 0 Å². The van der Waals surface area contributed by atoms with E-state index in [-0.39, 0.29) is 11.6 Å². The standard InChI is InChI=1S/C16H13N5O4S/c17-12-7-9(14(22)20-15-21-18-8-26-15)1-6-13(12)25-11-4-2-10(3-5-11)19-16(23)24/h1-8,19H,17H2,(H,23,24)(H,20,21,22). The number of benzene rings is 2. The SMILES string of the molecule is Nc1cc(C(=O)Nc2nncs2)ccc1Oc1ccc(NC(=O)O)cc1. The van der Waals surface area contributed by atoms with Gasteiger partial charge in [-0.2, -0.15) is 0 Å². The van der Waals surface area contributed by atoms with Gasteiger partial charge in [-0.15, -0.1) is 10.2 Å². The molecule has 0 spiro atoms. The van der Waals surface area contributed by atoms with Crippen molar-refractivity contribution in [1.29, 1.82) is 0 Å². The molecule has 26 heavy (non-hydrogen) atoms. The highest BCUT2D eigenvalue weighted by Crippen LogP contribution is 2.29. The summed E-state index contributed by atoms with van der Waals surface area (Å²) < 4.78 is 5.66. The van der Waals surface area contributed by atoms with Crippen LogP contribution in [-0.4, -0.2) is 27.3 Å². The number of nitrogens with two attached hydrogens (primary N) is 1. The van der Waals surface area contributed by atoms with E-state index in [9.17, 15) is 9.59 Å². The van der Waals surface area contributed by atoms with Crippen LogP contribution in [0.5, 0.6) is 11.5 Å². The number of carboxylic acid groups (broad SMARTS) is 1. The zero-order chi connectivity index (χ0) is 18.5. The third kappa shape index (κ3) is 4.24. The third-order valence-corrected chi connectivity index (χ3v) is 3.79. The van der Waals surface area contributed by atoms with Gasteiger partial charge in [0.15, 0.2) is 0 Å². The maximum absolute atomic E-state index is 12.1. The molecule has 0 atom stereocenters. The van der Waals surface area contributed by atoms with E-state index in [4.69, 9.17) is 15.6 Å². The zero-order valence-corrected chi connectivity index (χ0v) is 14.0. The van der Waals surface area contributed by atoms with Gasteiger partial charge in [-0.05, 0) is 42.5 Å². The Morgan fingerprint density at radius 3 is 2.50 bits per heavy atom. The average molecular weight is 371 g/mol. The quantitative estimate of drug-likeness (QED) is 0.505. The van der Waals surface area contributed by atoms with E-state index in [0.717, 1.165) is 0 Å². The van der Waals surface area contributed by atoms with Gasteiger partial charge in [-0.3, -0.25) is 15.4 Å². The van der Waals surface area contributed by atoms with Crippen molar-refractivity contribution in [2.45, 2.75) is 0 Å². The van der Waals surface area contributed by atoms with Crippen molar-refractivity contribution in [3.05, 3.63) is 53.5 Å². The Morgan fingerprint density at radius 2 is 1.88 bits per heavy atom. The molecule has 1 heterocycles. The smallest absolute Gasteiger partial charge is 0.409 e. The second-order valence-electron chi connectivity index (χ2n) is 5.01. The number of nitrogens with one attached hydrogen (secondary N) is 2. The van der Waals surface area contributed by atoms with E-state index >= 15 is 0 Å². The van der Waals surface area contributed by atoms with Crippen LogP contribution in [0.3, 0.4) is 0 Å². The molecular weight excluding hydrogens is 358 g/mol. The predicted molar refractivity (Wildman–Crippen MR) is 96.9 cm³/mol. The maximum atomic E-state index is 12.1. The summed E-state index contributed by atoms with van der Waals surface area (Å²) in [7, 11) is 0. The number of nitrogen functional groups attached to an aromatic ring is 1.